The molecular formula is C27H20N4O3S2. The first-order valence-corrected chi connectivity index (χ1v) is 13.0. The molecule has 36 heavy (non-hydrogen) atoms. The van der Waals surface area contributed by atoms with Gasteiger partial charge in [-0.05, 0) is 35.9 Å². The van der Waals surface area contributed by atoms with Gasteiger partial charge in [0.05, 0.1) is 27.3 Å². The van der Waals surface area contributed by atoms with Crippen molar-refractivity contribution in [2.75, 3.05) is 23.4 Å². The van der Waals surface area contributed by atoms with E-state index in [1.807, 2.05) is 72.8 Å². The molecule has 1 aliphatic heterocycles. The summed E-state index contributed by atoms with van der Waals surface area (Å²) >= 11 is 2.89. The van der Waals surface area contributed by atoms with Crippen LogP contribution in [0.5, 0.6) is 5.75 Å². The maximum absolute atomic E-state index is 13.3. The molecule has 178 valence electrons. The van der Waals surface area contributed by atoms with Crippen LogP contribution < -0.4 is 15.0 Å². The molecule has 6 rings (SSSR count). The Bertz CT molecular complexity index is 1580. The van der Waals surface area contributed by atoms with E-state index >= 15 is 0 Å². The molecule has 1 aliphatic rings. The van der Waals surface area contributed by atoms with E-state index in [2.05, 4.69) is 15.3 Å². The van der Waals surface area contributed by atoms with Gasteiger partial charge < -0.3 is 4.74 Å². The second kappa shape index (κ2) is 9.18. The number of carbonyl (C=O) groups is 2. The van der Waals surface area contributed by atoms with Crippen molar-refractivity contribution in [3.8, 4) is 26.8 Å². The molecule has 0 saturated heterocycles. The summed E-state index contributed by atoms with van der Waals surface area (Å²) in [4.78, 5) is 37.3. The zero-order valence-electron chi connectivity index (χ0n) is 19.2. The first kappa shape index (κ1) is 22.4. The smallest absolute Gasteiger partial charge is 0.328 e. The number of thiazole rings is 2. The molecule has 3 aromatic carbocycles. The number of hydrogen-bond acceptors (Lipinski definition) is 7. The minimum absolute atomic E-state index is 0.0884. The molecule has 1 N–H and O–H groups in total. The van der Waals surface area contributed by atoms with Crippen molar-refractivity contribution >= 4 is 55.5 Å². The molecule has 7 nitrogen and oxygen atoms in total. The van der Waals surface area contributed by atoms with Crippen molar-refractivity contribution in [1.82, 2.24) is 9.97 Å². The number of Topliss-reactive ketones (excluding diaryl/α,β-unsaturated/α-hetero) is 1. The number of hydrogen-bond donors (Lipinski definition) is 1. The van der Waals surface area contributed by atoms with E-state index in [0.717, 1.165) is 26.2 Å². The normalized spacial score (nSPS) is 12.8. The molecule has 0 spiro atoms. The quantitative estimate of drug-likeness (QED) is 0.270. The van der Waals surface area contributed by atoms with E-state index < -0.39 is 0 Å². The topological polar surface area (TPSA) is 84.4 Å². The first-order chi connectivity index (χ1) is 17.6. The number of ketones is 1. The van der Waals surface area contributed by atoms with Gasteiger partial charge in [-0.15, -0.1) is 11.3 Å². The molecule has 2 aromatic heterocycles. The minimum Gasteiger partial charge on any atom is -0.490 e. The second-order valence-corrected chi connectivity index (χ2v) is 10.2. The zero-order valence-corrected chi connectivity index (χ0v) is 20.9. The number of para-hydroxylation sites is 1. The molecule has 0 radical (unpaired) electrons. The highest BCUT2D eigenvalue weighted by atomic mass is 32.1. The maximum atomic E-state index is 13.3. The molecule has 0 unspecified atom stereocenters. The fourth-order valence-electron chi connectivity index (χ4n) is 4.11. The number of amides is 2. The van der Waals surface area contributed by atoms with Crippen molar-refractivity contribution in [3.63, 3.8) is 0 Å². The molecule has 2 amide bonds. The van der Waals surface area contributed by atoms with Crippen LogP contribution >= 0.6 is 22.7 Å². The SMILES string of the molecule is CC(=O)c1nc(-c2ccc3c(c2)N(C(=O)Nc2nc4ccccc4s2)CCO3)sc1-c1ccccc1. The zero-order chi connectivity index (χ0) is 24.6. The minimum atomic E-state index is -0.274. The lowest BCUT2D eigenvalue weighted by Crippen LogP contribution is -2.40. The number of anilines is 2. The third-order valence-electron chi connectivity index (χ3n) is 5.82. The summed E-state index contributed by atoms with van der Waals surface area (Å²) < 4.78 is 6.83. The summed E-state index contributed by atoms with van der Waals surface area (Å²) in [7, 11) is 0. The summed E-state index contributed by atoms with van der Waals surface area (Å²) in [5.74, 6) is 0.533. The molecule has 9 heteroatoms. The lowest BCUT2D eigenvalue weighted by molar-refractivity contribution is 0.101. The number of rotatable bonds is 4. The van der Waals surface area contributed by atoms with Crippen LogP contribution in [0.4, 0.5) is 15.6 Å². The Morgan fingerprint density at radius 1 is 0.944 bits per heavy atom. The Labute approximate surface area is 215 Å². The van der Waals surface area contributed by atoms with Crippen LogP contribution in [0.3, 0.4) is 0 Å². The van der Waals surface area contributed by atoms with E-state index in [1.165, 1.54) is 29.6 Å². The van der Waals surface area contributed by atoms with Crippen molar-refractivity contribution in [1.29, 1.82) is 0 Å². The van der Waals surface area contributed by atoms with Crippen LogP contribution in [0, 0.1) is 0 Å². The van der Waals surface area contributed by atoms with Crippen molar-refractivity contribution < 1.29 is 14.3 Å². The Balaban J connectivity index is 1.34. The van der Waals surface area contributed by atoms with Gasteiger partial charge in [-0.2, -0.15) is 0 Å². The van der Waals surface area contributed by atoms with E-state index in [-0.39, 0.29) is 11.8 Å². The van der Waals surface area contributed by atoms with Crippen molar-refractivity contribution in [3.05, 3.63) is 78.5 Å². The van der Waals surface area contributed by atoms with Crippen LogP contribution in [0.2, 0.25) is 0 Å². The fraction of sp³-hybridized carbons (Fsp3) is 0.111. The van der Waals surface area contributed by atoms with Gasteiger partial charge in [0.1, 0.15) is 23.1 Å². The molecular weight excluding hydrogens is 492 g/mol. The number of nitrogens with one attached hydrogen (secondary N) is 1. The summed E-state index contributed by atoms with van der Waals surface area (Å²) in [6.45, 7) is 2.32. The Morgan fingerprint density at radius 2 is 1.75 bits per heavy atom. The van der Waals surface area contributed by atoms with E-state index in [1.54, 1.807) is 4.90 Å². The van der Waals surface area contributed by atoms with Gasteiger partial charge in [-0.3, -0.25) is 15.0 Å². The van der Waals surface area contributed by atoms with Crippen LogP contribution in [0.15, 0.2) is 72.8 Å². The monoisotopic (exact) mass is 512 g/mol. The molecule has 0 bridgehead atoms. The van der Waals surface area contributed by atoms with Gasteiger partial charge in [0, 0.05) is 12.5 Å². The van der Waals surface area contributed by atoms with Crippen LogP contribution in [0.25, 0.3) is 31.2 Å². The number of ether oxygens (including phenoxy) is 1. The van der Waals surface area contributed by atoms with Gasteiger partial charge in [0.15, 0.2) is 10.9 Å². The maximum Gasteiger partial charge on any atom is 0.328 e. The van der Waals surface area contributed by atoms with Crippen LogP contribution in [-0.2, 0) is 0 Å². The van der Waals surface area contributed by atoms with Gasteiger partial charge in [0.2, 0.25) is 0 Å². The van der Waals surface area contributed by atoms with Gasteiger partial charge in [-0.25, -0.2) is 14.8 Å². The lowest BCUT2D eigenvalue weighted by Gasteiger charge is -2.29. The summed E-state index contributed by atoms with van der Waals surface area (Å²) in [5.41, 5.74) is 3.71. The van der Waals surface area contributed by atoms with E-state index in [4.69, 9.17) is 4.74 Å². The summed E-state index contributed by atoms with van der Waals surface area (Å²) in [6.07, 6.45) is 0. The third kappa shape index (κ3) is 4.12. The average molecular weight is 513 g/mol. The summed E-state index contributed by atoms with van der Waals surface area (Å²) in [6, 6.07) is 22.9. The van der Waals surface area contributed by atoms with Crippen LogP contribution in [-0.4, -0.2) is 34.9 Å². The number of benzene rings is 3. The first-order valence-electron chi connectivity index (χ1n) is 11.4. The highest BCUT2D eigenvalue weighted by molar-refractivity contribution is 7.22. The number of aromatic nitrogens is 2. The predicted molar refractivity (Wildman–Crippen MR) is 144 cm³/mol. The van der Waals surface area contributed by atoms with E-state index in [9.17, 15) is 9.59 Å². The Kier molecular flexibility index (Phi) is 5.71. The van der Waals surface area contributed by atoms with Gasteiger partial charge >= 0.3 is 6.03 Å². The lowest BCUT2D eigenvalue weighted by atomic mass is 10.1. The fourth-order valence-corrected chi connectivity index (χ4v) is 6.08. The van der Waals surface area contributed by atoms with Crippen LogP contribution in [0.1, 0.15) is 17.4 Å². The highest BCUT2D eigenvalue weighted by Crippen LogP contribution is 2.40. The molecule has 0 saturated carbocycles. The molecule has 0 aliphatic carbocycles. The van der Waals surface area contributed by atoms with E-state index in [0.29, 0.717) is 40.4 Å². The molecule has 5 aromatic rings. The van der Waals surface area contributed by atoms with Crippen molar-refractivity contribution in [2.24, 2.45) is 0 Å². The number of carbonyl (C=O) groups excluding carboxylic acids is 2. The predicted octanol–water partition coefficient (Wildman–Crippen LogP) is 6.72. The average Bonchev–Trinajstić information content (AvgIpc) is 3.53. The molecule has 0 atom stereocenters. The van der Waals surface area contributed by atoms with Gasteiger partial charge in [0.25, 0.3) is 0 Å². The highest BCUT2D eigenvalue weighted by Gasteiger charge is 2.26. The molecule has 0 fully saturated rings. The number of urea groups is 1. The van der Waals surface area contributed by atoms with Crippen molar-refractivity contribution in [2.45, 2.75) is 6.92 Å². The molecule has 3 heterocycles. The number of fused-ring (bicyclic) bond motifs is 2. The second-order valence-electron chi connectivity index (χ2n) is 8.22. The standard InChI is InChI=1S/C27H20N4O3S2/c1-16(32)23-24(17-7-3-2-4-8-17)36-25(29-23)18-11-12-21-20(15-18)31(13-14-34-21)27(33)30-26-28-19-9-5-6-10-22(19)35-26/h2-12,15H,13-14H2,1H3,(H,28,30,33). The third-order valence-corrected chi connectivity index (χ3v) is 7.92. The Hall–Kier alpha value is -4.08. The summed E-state index contributed by atoms with van der Waals surface area (Å²) in [5, 5.41) is 4.18. The largest absolute Gasteiger partial charge is 0.490 e. The van der Waals surface area contributed by atoms with Gasteiger partial charge in [-0.1, -0.05) is 53.8 Å². The Morgan fingerprint density at radius 3 is 2.56 bits per heavy atom. The number of nitrogens with zero attached hydrogens (tertiary/aromatic N) is 3.